The topological polar surface area (TPSA) is 56.7 Å². The number of hydrogen-bond donors (Lipinski definition) is 1. The molecule has 0 spiro atoms. The molecule has 0 aliphatic rings. The number of nitrogens with zero attached hydrogens (tertiary/aromatic N) is 3. The second-order valence-electron chi connectivity index (χ2n) is 3.05. The summed E-state index contributed by atoms with van der Waals surface area (Å²) >= 11 is 0. The number of nitrogens with two attached hydrogens (primary N) is 1. The molecular formula is C10H12N4. The van der Waals surface area contributed by atoms with Gasteiger partial charge in [-0.05, 0) is 19.1 Å². The molecule has 4 heteroatoms. The van der Waals surface area contributed by atoms with Crippen molar-refractivity contribution in [3.63, 3.8) is 0 Å². The molecule has 2 aromatic heterocycles. The lowest BCUT2D eigenvalue weighted by Crippen LogP contribution is -2.07. The molecule has 14 heavy (non-hydrogen) atoms. The van der Waals surface area contributed by atoms with Crippen LogP contribution < -0.4 is 5.73 Å². The first-order chi connectivity index (χ1) is 6.81. The van der Waals surface area contributed by atoms with Crippen molar-refractivity contribution in [1.29, 1.82) is 0 Å². The highest BCUT2D eigenvalue weighted by Crippen LogP contribution is 2.07. The van der Waals surface area contributed by atoms with Gasteiger partial charge in [0.15, 0.2) is 0 Å². The molecule has 0 bridgehead atoms. The predicted molar refractivity (Wildman–Crippen MR) is 54.0 cm³/mol. The van der Waals surface area contributed by atoms with Crippen molar-refractivity contribution >= 4 is 0 Å². The first-order valence-electron chi connectivity index (χ1n) is 4.47. The molecule has 0 aromatic carbocycles. The van der Waals surface area contributed by atoms with Crippen molar-refractivity contribution in [2.24, 2.45) is 5.73 Å². The number of rotatable bonds is 2. The third kappa shape index (κ3) is 1.52. The van der Waals surface area contributed by atoms with Crippen LogP contribution in [-0.4, -0.2) is 14.5 Å². The average Bonchev–Trinajstić information content (AvgIpc) is 2.65. The fourth-order valence-electron chi connectivity index (χ4n) is 1.36. The summed E-state index contributed by atoms with van der Waals surface area (Å²) in [6.07, 6.45) is 3.59. The van der Waals surface area contributed by atoms with E-state index in [1.807, 2.05) is 35.9 Å². The SMILES string of the molecule is Cc1cccc(-n2ccnc2CN)n1. The monoisotopic (exact) mass is 188 g/mol. The molecular weight excluding hydrogens is 176 g/mol. The Kier molecular flexibility index (Phi) is 2.28. The van der Waals surface area contributed by atoms with E-state index < -0.39 is 0 Å². The van der Waals surface area contributed by atoms with Gasteiger partial charge in [-0.25, -0.2) is 9.97 Å². The number of hydrogen-bond acceptors (Lipinski definition) is 3. The smallest absolute Gasteiger partial charge is 0.138 e. The van der Waals surface area contributed by atoms with Gasteiger partial charge in [-0.2, -0.15) is 0 Å². The van der Waals surface area contributed by atoms with E-state index in [0.717, 1.165) is 17.3 Å². The number of aromatic nitrogens is 3. The van der Waals surface area contributed by atoms with E-state index in [1.54, 1.807) is 6.20 Å². The summed E-state index contributed by atoms with van der Waals surface area (Å²) in [4.78, 5) is 8.53. The van der Waals surface area contributed by atoms with Crippen molar-refractivity contribution in [2.75, 3.05) is 0 Å². The van der Waals surface area contributed by atoms with Gasteiger partial charge < -0.3 is 5.73 Å². The van der Waals surface area contributed by atoms with Crippen LogP contribution >= 0.6 is 0 Å². The Morgan fingerprint density at radius 3 is 3.00 bits per heavy atom. The molecule has 2 N–H and O–H groups in total. The third-order valence-electron chi connectivity index (χ3n) is 2.02. The summed E-state index contributed by atoms with van der Waals surface area (Å²) in [5, 5.41) is 0. The van der Waals surface area contributed by atoms with E-state index in [-0.39, 0.29) is 0 Å². The second-order valence-corrected chi connectivity index (χ2v) is 3.05. The van der Waals surface area contributed by atoms with E-state index in [2.05, 4.69) is 9.97 Å². The zero-order valence-corrected chi connectivity index (χ0v) is 8.01. The number of imidazole rings is 1. The first-order valence-corrected chi connectivity index (χ1v) is 4.47. The zero-order chi connectivity index (χ0) is 9.97. The molecule has 0 unspecified atom stereocenters. The van der Waals surface area contributed by atoms with Gasteiger partial charge in [0.05, 0.1) is 6.54 Å². The van der Waals surface area contributed by atoms with Gasteiger partial charge in [0.2, 0.25) is 0 Å². The molecule has 2 heterocycles. The summed E-state index contributed by atoms with van der Waals surface area (Å²) in [5.41, 5.74) is 6.54. The Labute approximate surface area is 82.4 Å². The highest BCUT2D eigenvalue weighted by Gasteiger charge is 2.03. The molecule has 0 radical (unpaired) electrons. The lowest BCUT2D eigenvalue weighted by Gasteiger charge is -2.05. The minimum Gasteiger partial charge on any atom is -0.324 e. The van der Waals surface area contributed by atoms with Crippen molar-refractivity contribution in [3.8, 4) is 5.82 Å². The van der Waals surface area contributed by atoms with Crippen LogP contribution in [0.15, 0.2) is 30.6 Å². The fourth-order valence-corrected chi connectivity index (χ4v) is 1.36. The van der Waals surface area contributed by atoms with Gasteiger partial charge >= 0.3 is 0 Å². The zero-order valence-electron chi connectivity index (χ0n) is 8.01. The Balaban J connectivity index is 2.49. The van der Waals surface area contributed by atoms with Gasteiger partial charge in [-0.3, -0.25) is 4.57 Å². The van der Waals surface area contributed by atoms with Gasteiger partial charge in [0, 0.05) is 18.1 Å². The van der Waals surface area contributed by atoms with Gasteiger partial charge in [0.1, 0.15) is 11.6 Å². The maximum absolute atomic E-state index is 5.56. The Bertz CT molecular complexity index is 433. The molecule has 2 aromatic rings. The van der Waals surface area contributed by atoms with Crippen LogP contribution in [0.5, 0.6) is 0 Å². The maximum Gasteiger partial charge on any atom is 0.138 e. The Hall–Kier alpha value is -1.68. The molecule has 0 amide bonds. The minimum absolute atomic E-state index is 0.419. The summed E-state index contributed by atoms with van der Waals surface area (Å²) in [5.74, 6) is 1.69. The van der Waals surface area contributed by atoms with Crippen LogP contribution in [0.2, 0.25) is 0 Å². The largest absolute Gasteiger partial charge is 0.324 e. The lowest BCUT2D eigenvalue weighted by molar-refractivity contribution is 0.844. The highest BCUT2D eigenvalue weighted by molar-refractivity contribution is 5.26. The molecule has 2 rings (SSSR count). The summed E-state index contributed by atoms with van der Waals surface area (Å²) in [6, 6.07) is 5.87. The summed E-state index contributed by atoms with van der Waals surface area (Å²) in [7, 11) is 0. The number of aryl methyl sites for hydroxylation is 1. The molecule has 0 saturated carbocycles. The van der Waals surface area contributed by atoms with Gasteiger partial charge in [0.25, 0.3) is 0 Å². The quantitative estimate of drug-likeness (QED) is 0.766. The summed E-state index contributed by atoms with van der Waals surface area (Å²) in [6.45, 7) is 2.38. The van der Waals surface area contributed by atoms with Crippen molar-refractivity contribution in [2.45, 2.75) is 13.5 Å². The lowest BCUT2D eigenvalue weighted by atomic mass is 10.3. The van der Waals surface area contributed by atoms with Gasteiger partial charge in [-0.1, -0.05) is 6.07 Å². The average molecular weight is 188 g/mol. The van der Waals surface area contributed by atoms with Crippen LogP contribution in [0.1, 0.15) is 11.5 Å². The predicted octanol–water partition coefficient (Wildman–Crippen LogP) is 1.03. The molecule has 0 aliphatic carbocycles. The van der Waals surface area contributed by atoms with E-state index >= 15 is 0 Å². The maximum atomic E-state index is 5.56. The molecule has 72 valence electrons. The molecule has 4 nitrogen and oxygen atoms in total. The molecule has 0 atom stereocenters. The number of pyridine rings is 1. The fraction of sp³-hybridized carbons (Fsp3) is 0.200. The Morgan fingerprint density at radius 1 is 1.43 bits per heavy atom. The molecule has 0 saturated heterocycles. The van der Waals surface area contributed by atoms with Crippen LogP contribution in [0.3, 0.4) is 0 Å². The second kappa shape index (κ2) is 3.59. The van der Waals surface area contributed by atoms with E-state index in [0.29, 0.717) is 6.54 Å². The van der Waals surface area contributed by atoms with E-state index in [1.165, 1.54) is 0 Å². The van der Waals surface area contributed by atoms with Crippen LogP contribution in [0, 0.1) is 6.92 Å². The van der Waals surface area contributed by atoms with Crippen molar-refractivity contribution < 1.29 is 0 Å². The van der Waals surface area contributed by atoms with Gasteiger partial charge in [-0.15, -0.1) is 0 Å². The minimum atomic E-state index is 0.419. The molecule has 0 aliphatic heterocycles. The van der Waals surface area contributed by atoms with Crippen LogP contribution in [0.4, 0.5) is 0 Å². The highest BCUT2D eigenvalue weighted by atomic mass is 15.1. The van der Waals surface area contributed by atoms with Crippen molar-refractivity contribution in [3.05, 3.63) is 42.1 Å². The normalized spacial score (nSPS) is 10.4. The standard InChI is InChI=1S/C10H12N4/c1-8-3-2-4-9(13-8)14-6-5-12-10(14)7-11/h2-6H,7,11H2,1H3. The van der Waals surface area contributed by atoms with Crippen LogP contribution in [-0.2, 0) is 6.54 Å². The van der Waals surface area contributed by atoms with E-state index in [4.69, 9.17) is 5.73 Å². The van der Waals surface area contributed by atoms with E-state index in [9.17, 15) is 0 Å². The third-order valence-corrected chi connectivity index (χ3v) is 2.02. The van der Waals surface area contributed by atoms with Crippen LogP contribution in [0.25, 0.3) is 5.82 Å². The summed E-state index contributed by atoms with van der Waals surface area (Å²) < 4.78 is 1.90. The van der Waals surface area contributed by atoms with Crippen molar-refractivity contribution in [1.82, 2.24) is 14.5 Å². The Morgan fingerprint density at radius 2 is 2.29 bits per heavy atom. The first kappa shape index (κ1) is 8.90. The molecule has 0 fully saturated rings.